The van der Waals surface area contributed by atoms with Gasteiger partial charge >= 0.3 is 0 Å². The number of ether oxygens (including phenoxy) is 1. The van der Waals surface area contributed by atoms with Crippen molar-refractivity contribution in [3.05, 3.63) is 82.9 Å². The van der Waals surface area contributed by atoms with Crippen molar-refractivity contribution in [3.8, 4) is 29.1 Å². The summed E-state index contributed by atoms with van der Waals surface area (Å²) in [6, 6.07) is 18.2. The van der Waals surface area contributed by atoms with Gasteiger partial charge in [-0.3, -0.25) is 4.79 Å². The molecule has 8 heteroatoms. The highest BCUT2D eigenvalue weighted by molar-refractivity contribution is 5.96. The van der Waals surface area contributed by atoms with Gasteiger partial charge in [0.2, 0.25) is 0 Å². The summed E-state index contributed by atoms with van der Waals surface area (Å²) in [5.41, 5.74) is 4.35. The second kappa shape index (κ2) is 9.12. The van der Waals surface area contributed by atoms with E-state index in [2.05, 4.69) is 16.6 Å². The van der Waals surface area contributed by atoms with Gasteiger partial charge in [-0.05, 0) is 59.7 Å². The number of nitrogens with one attached hydrogen (secondary N) is 1. The van der Waals surface area contributed by atoms with Crippen molar-refractivity contribution in [2.45, 2.75) is 6.61 Å². The van der Waals surface area contributed by atoms with E-state index in [1.807, 2.05) is 6.07 Å². The first kappa shape index (κ1) is 20.2. The van der Waals surface area contributed by atoms with Gasteiger partial charge in [0.05, 0.1) is 17.8 Å². The first-order valence-electron chi connectivity index (χ1n) is 8.76. The Morgan fingerprint density at radius 2 is 1.77 bits per heavy atom. The molecule has 0 atom stereocenters. The Bertz CT molecular complexity index is 1110. The van der Waals surface area contributed by atoms with Crippen LogP contribution in [0.25, 0.3) is 0 Å². The molecule has 0 saturated carbocycles. The molecule has 0 spiro atoms. The van der Waals surface area contributed by atoms with Crippen LogP contribution in [-0.4, -0.2) is 27.4 Å². The molecule has 3 aromatic carbocycles. The van der Waals surface area contributed by atoms with Gasteiger partial charge in [-0.2, -0.15) is 10.4 Å². The van der Waals surface area contributed by atoms with E-state index in [4.69, 9.17) is 10.00 Å². The van der Waals surface area contributed by atoms with Gasteiger partial charge in [0, 0.05) is 5.56 Å². The largest absolute Gasteiger partial charge is 0.504 e. The lowest BCUT2D eigenvalue weighted by Crippen LogP contribution is -2.17. The van der Waals surface area contributed by atoms with Crippen molar-refractivity contribution in [1.82, 2.24) is 5.43 Å². The molecule has 4 N–H and O–H groups in total. The predicted octanol–water partition coefficient (Wildman–Crippen LogP) is 3.02. The van der Waals surface area contributed by atoms with Crippen LogP contribution in [0.4, 0.5) is 0 Å². The SMILES string of the molecule is N#Cc1cccc(COc2ccc(/C=N/NC(=O)c3cc(O)c(O)c(O)c3)cc2)c1. The molecule has 0 saturated heterocycles. The second-order valence-corrected chi connectivity index (χ2v) is 6.23. The van der Waals surface area contributed by atoms with Crippen LogP contribution in [0.3, 0.4) is 0 Å². The van der Waals surface area contributed by atoms with Crippen LogP contribution in [0.15, 0.2) is 65.8 Å². The van der Waals surface area contributed by atoms with Gasteiger partial charge < -0.3 is 20.1 Å². The van der Waals surface area contributed by atoms with Gasteiger partial charge in [0.25, 0.3) is 5.91 Å². The van der Waals surface area contributed by atoms with Crippen LogP contribution in [-0.2, 0) is 6.61 Å². The van der Waals surface area contributed by atoms with Crippen LogP contribution >= 0.6 is 0 Å². The van der Waals surface area contributed by atoms with Gasteiger partial charge in [0.15, 0.2) is 17.2 Å². The van der Waals surface area contributed by atoms with Crippen molar-refractivity contribution in [1.29, 1.82) is 5.26 Å². The van der Waals surface area contributed by atoms with Crippen molar-refractivity contribution in [2.24, 2.45) is 5.10 Å². The fourth-order valence-corrected chi connectivity index (χ4v) is 2.51. The maximum Gasteiger partial charge on any atom is 0.271 e. The summed E-state index contributed by atoms with van der Waals surface area (Å²) >= 11 is 0. The van der Waals surface area contributed by atoms with Crippen LogP contribution in [0.1, 0.15) is 27.0 Å². The van der Waals surface area contributed by atoms with E-state index in [0.29, 0.717) is 23.5 Å². The monoisotopic (exact) mass is 403 g/mol. The average molecular weight is 403 g/mol. The van der Waals surface area contributed by atoms with E-state index in [9.17, 15) is 20.1 Å². The van der Waals surface area contributed by atoms with E-state index in [0.717, 1.165) is 17.7 Å². The van der Waals surface area contributed by atoms with Gasteiger partial charge in [-0.1, -0.05) is 12.1 Å². The first-order valence-corrected chi connectivity index (χ1v) is 8.76. The maximum atomic E-state index is 12.0. The minimum Gasteiger partial charge on any atom is -0.504 e. The molecule has 0 radical (unpaired) electrons. The molecular formula is C22H17N3O5. The fraction of sp³-hybridized carbons (Fsp3) is 0.0455. The number of carbonyl (C=O) groups is 1. The van der Waals surface area contributed by atoms with Gasteiger partial charge in [-0.25, -0.2) is 5.43 Å². The van der Waals surface area contributed by atoms with E-state index < -0.39 is 23.2 Å². The number of phenolic OH excluding ortho intramolecular Hbond substituents is 3. The summed E-state index contributed by atoms with van der Waals surface area (Å²) in [7, 11) is 0. The summed E-state index contributed by atoms with van der Waals surface area (Å²) in [6.45, 7) is 0.325. The topological polar surface area (TPSA) is 135 Å². The summed E-state index contributed by atoms with van der Waals surface area (Å²) in [4.78, 5) is 12.0. The highest BCUT2D eigenvalue weighted by Gasteiger charge is 2.12. The van der Waals surface area contributed by atoms with E-state index >= 15 is 0 Å². The number of hydrazone groups is 1. The minimum atomic E-state index is -0.699. The number of rotatable bonds is 6. The molecule has 150 valence electrons. The van der Waals surface area contributed by atoms with Crippen LogP contribution < -0.4 is 10.2 Å². The number of nitrogens with zero attached hydrogens (tertiary/aromatic N) is 2. The molecule has 3 rings (SSSR count). The highest BCUT2D eigenvalue weighted by atomic mass is 16.5. The zero-order valence-electron chi connectivity index (χ0n) is 15.6. The molecule has 0 heterocycles. The molecule has 3 aromatic rings. The third kappa shape index (κ3) is 5.05. The van der Waals surface area contributed by atoms with Crippen LogP contribution in [0.2, 0.25) is 0 Å². The number of benzene rings is 3. The average Bonchev–Trinajstić information content (AvgIpc) is 2.76. The molecular weight excluding hydrogens is 386 g/mol. The first-order chi connectivity index (χ1) is 14.5. The second-order valence-electron chi connectivity index (χ2n) is 6.23. The van der Waals surface area contributed by atoms with Gasteiger partial charge in [0.1, 0.15) is 12.4 Å². The quantitative estimate of drug-likeness (QED) is 0.284. The van der Waals surface area contributed by atoms with Crippen molar-refractivity contribution >= 4 is 12.1 Å². The standard InChI is InChI=1S/C22H17N3O5/c23-11-15-2-1-3-16(8-15)13-30-18-6-4-14(5-7-18)12-24-25-22(29)17-9-19(26)21(28)20(27)10-17/h1-10,12,26-28H,13H2,(H,25,29)/b24-12+. The number of nitriles is 1. The Kier molecular flexibility index (Phi) is 6.15. The Balaban J connectivity index is 1.55. The zero-order valence-corrected chi connectivity index (χ0v) is 15.6. The number of carbonyl (C=O) groups excluding carboxylic acids is 1. The fourth-order valence-electron chi connectivity index (χ4n) is 2.51. The maximum absolute atomic E-state index is 12.0. The molecule has 0 fully saturated rings. The molecule has 30 heavy (non-hydrogen) atoms. The number of aromatic hydroxyl groups is 3. The number of amides is 1. The molecule has 0 aromatic heterocycles. The lowest BCUT2D eigenvalue weighted by Gasteiger charge is -2.07. The number of phenols is 3. The normalized spacial score (nSPS) is 10.5. The van der Waals surface area contributed by atoms with Gasteiger partial charge in [-0.15, -0.1) is 0 Å². The van der Waals surface area contributed by atoms with Crippen LogP contribution in [0, 0.1) is 11.3 Å². The number of hydrogen-bond donors (Lipinski definition) is 4. The molecule has 0 aliphatic rings. The summed E-state index contributed by atoms with van der Waals surface area (Å²) in [5.74, 6) is -1.96. The Hall–Kier alpha value is -4.51. The zero-order chi connectivity index (χ0) is 21.5. The highest BCUT2D eigenvalue weighted by Crippen LogP contribution is 2.35. The van der Waals surface area contributed by atoms with E-state index in [-0.39, 0.29) is 5.56 Å². The van der Waals surface area contributed by atoms with E-state index in [1.165, 1.54) is 6.21 Å². The Morgan fingerprint density at radius 1 is 1.07 bits per heavy atom. The smallest absolute Gasteiger partial charge is 0.271 e. The third-order valence-electron chi connectivity index (χ3n) is 4.05. The Morgan fingerprint density at radius 3 is 2.43 bits per heavy atom. The molecule has 1 amide bonds. The molecule has 8 nitrogen and oxygen atoms in total. The summed E-state index contributed by atoms with van der Waals surface area (Å²) in [6.07, 6.45) is 1.41. The minimum absolute atomic E-state index is 0.0656. The van der Waals surface area contributed by atoms with Crippen molar-refractivity contribution < 1.29 is 24.9 Å². The summed E-state index contributed by atoms with van der Waals surface area (Å²) in [5, 5.41) is 40.9. The number of hydrogen-bond acceptors (Lipinski definition) is 7. The lowest BCUT2D eigenvalue weighted by molar-refractivity contribution is 0.0954. The molecule has 0 aliphatic heterocycles. The molecule has 0 unspecified atom stereocenters. The van der Waals surface area contributed by atoms with Crippen LogP contribution in [0.5, 0.6) is 23.0 Å². The molecule has 0 bridgehead atoms. The third-order valence-corrected chi connectivity index (χ3v) is 4.05. The van der Waals surface area contributed by atoms with E-state index in [1.54, 1.807) is 42.5 Å². The molecule has 0 aliphatic carbocycles. The van der Waals surface area contributed by atoms with Crippen molar-refractivity contribution in [3.63, 3.8) is 0 Å². The Labute approximate surface area is 171 Å². The summed E-state index contributed by atoms with van der Waals surface area (Å²) < 4.78 is 5.69. The predicted molar refractivity (Wildman–Crippen MR) is 108 cm³/mol. The lowest BCUT2D eigenvalue weighted by atomic mass is 10.1. The van der Waals surface area contributed by atoms with Crippen molar-refractivity contribution in [2.75, 3.05) is 0 Å².